The van der Waals surface area contributed by atoms with Gasteiger partial charge in [-0.3, -0.25) is 0 Å². The predicted molar refractivity (Wildman–Crippen MR) is 90.2 cm³/mol. The summed E-state index contributed by atoms with van der Waals surface area (Å²) in [6.07, 6.45) is 7.28. The molecular weight excluding hydrogens is 324 g/mol. The summed E-state index contributed by atoms with van der Waals surface area (Å²) in [5.41, 5.74) is 2.98. The molecule has 2 aliphatic carbocycles. The maximum absolute atomic E-state index is 5.81. The Hall–Kier alpha value is -0.500. The molecule has 0 amide bonds. The van der Waals surface area contributed by atoms with Crippen LogP contribution >= 0.6 is 15.9 Å². The molecule has 2 bridgehead atoms. The summed E-state index contributed by atoms with van der Waals surface area (Å²) in [6.45, 7) is 5.37. The summed E-state index contributed by atoms with van der Waals surface area (Å²) in [5.74, 6) is 4.10. The molecule has 4 atom stereocenters. The van der Waals surface area contributed by atoms with Gasteiger partial charge >= 0.3 is 0 Å². The largest absolute Gasteiger partial charge is 0.492 e. The quantitative estimate of drug-likeness (QED) is 0.644. The van der Waals surface area contributed by atoms with E-state index < -0.39 is 0 Å². The monoisotopic (exact) mass is 348 g/mol. The lowest BCUT2D eigenvalue weighted by Crippen LogP contribution is -2.18. The molecule has 2 fully saturated rings. The summed E-state index contributed by atoms with van der Waals surface area (Å²) in [7, 11) is 0. The molecule has 1 nitrogen and oxygen atoms in total. The standard InChI is InChI=1S/C19H25BrO/c1-19(2)11-21-18-6-5-14(9-16(18)19)17(20)10-15-8-12-3-4-13(15)7-12/h5-6,9,12-13,15,17H,3-4,7-8,10-11H2,1-2H3. The molecule has 1 aromatic rings. The van der Waals surface area contributed by atoms with Crippen LogP contribution in [0.5, 0.6) is 5.75 Å². The summed E-state index contributed by atoms with van der Waals surface area (Å²) in [6, 6.07) is 6.82. The molecular formula is C19H25BrO. The van der Waals surface area contributed by atoms with E-state index in [0.717, 1.165) is 30.1 Å². The van der Waals surface area contributed by atoms with Gasteiger partial charge in [-0.15, -0.1) is 0 Å². The van der Waals surface area contributed by atoms with Crippen molar-refractivity contribution in [1.29, 1.82) is 0 Å². The number of hydrogen-bond donors (Lipinski definition) is 0. The van der Waals surface area contributed by atoms with Crippen LogP contribution in [0.25, 0.3) is 0 Å². The number of alkyl halides is 1. The van der Waals surface area contributed by atoms with E-state index in [1.54, 1.807) is 0 Å². The third-order valence-electron chi connectivity index (χ3n) is 6.08. The fraction of sp³-hybridized carbons (Fsp3) is 0.684. The predicted octanol–water partition coefficient (Wildman–Crippen LogP) is 5.62. The highest BCUT2D eigenvalue weighted by Gasteiger charge is 2.40. The molecule has 0 spiro atoms. The van der Waals surface area contributed by atoms with E-state index in [4.69, 9.17) is 4.74 Å². The first-order chi connectivity index (χ1) is 10.0. The highest BCUT2D eigenvalue weighted by atomic mass is 79.9. The van der Waals surface area contributed by atoms with Gasteiger partial charge in [0, 0.05) is 15.8 Å². The zero-order valence-corrected chi connectivity index (χ0v) is 14.7. The van der Waals surface area contributed by atoms with Gasteiger partial charge in [-0.25, -0.2) is 0 Å². The van der Waals surface area contributed by atoms with Crippen molar-refractivity contribution >= 4 is 15.9 Å². The zero-order valence-electron chi connectivity index (χ0n) is 13.1. The average Bonchev–Trinajstić information content (AvgIpc) is 3.14. The van der Waals surface area contributed by atoms with E-state index in [9.17, 15) is 0 Å². The van der Waals surface area contributed by atoms with Crippen molar-refractivity contribution in [3.8, 4) is 5.75 Å². The second-order valence-electron chi connectivity index (χ2n) is 8.07. The molecule has 0 saturated heterocycles. The molecule has 1 aliphatic heterocycles. The van der Waals surface area contributed by atoms with Crippen LogP contribution in [-0.4, -0.2) is 6.61 Å². The number of hydrogen-bond acceptors (Lipinski definition) is 1. The van der Waals surface area contributed by atoms with Crippen molar-refractivity contribution in [2.24, 2.45) is 17.8 Å². The molecule has 0 radical (unpaired) electrons. The van der Waals surface area contributed by atoms with Crippen molar-refractivity contribution < 1.29 is 4.74 Å². The van der Waals surface area contributed by atoms with Crippen LogP contribution in [0, 0.1) is 17.8 Å². The van der Waals surface area contributed by atoms with Gasteiger partial charge in [0.25, 0.3) is 0 Å². The highest BCUT2D eigenvalue weighted by molar-refractivity contribution is 9.09. The number of ether oxygens (including phenoxy) is 1. The molecule has 21 heavy (non-hydrogen) atoms. The summed E-state index contributed by atoms with van der Waals surface area (Å²) >= 11 is 3.97. The van der Waals surface area contributed by atoms with Gasteiger partial charge in [-0.05, 0) is 55.1 Å². The summed E-state index contributed by atoms with van der Waals surface area (Å²) < 4.78 is 5.81. The number of rotatable bonds is 3. The Morgan fingerprint density at radius 1 is 1.29 bits per heavy atom. The van der Waals surface area contributed by atoms with Crippen LogP contribution in [0.15, 0.2) is 18.2 Å². The molecule has 3 aliphatic rings. The van der Waals surface area contributed by atoms with Gasteiger partial charge in [0.15, 0.2) is 0 Å². The van der Waals surface area contributed by atoms with Gasteiger partial charge in [0.05, 0.1) is 6.61 Å². The van der Waals surface area contributed by atoms with Crippen LogP contribution < -0.4 is 4.74 Å². The van der Waals surface area contributed by atoms with E-state index in [-0.39, 0.29) is 5.41 Å². The van der Waals surface area contributed by atoms with Crippen LogP contribution in [0.2, 0.25) is 0 Å². The SMILES string of the molecule is CC1(C)COc2ccc(C(Br)CC3CC4CCC3C4)cc21. The van der Waals surface area contributed by atoms with Crippen molar-refractivity contribution in [3.05, 3.63) is 29.3 Å². The lowest BCUT2D eigenvalue weighted by atomic mass is 9.83. The molecule has 2 saturated carbocycles. The van der Waals surface area contributed by atoms with E-state index in [2.05, 4.69) is 48.0 Å². The average molecular weight is 349 g/mol. The lowest BCUT2D eigenvalue weighted by molar-refractivity contribution is 0.291. The molecule has 1 heterocycles. The Bertz CT molecular complexity index is 550. The number of halogens is 1. The molecule has 4 rings (SSSR count). The van der Waals surface area contributed by atoms with E-state index >= 15 is 0 Å². The summed E-state index contributed by atoms with van der Waals surface area (Å²) in [5, 5.41) is 0. The highest BCUT2D eigenvalue weighted by Crippen LogP contribution is 2.52. The fourth-order valence-electron chi connectivity index (χ4n) is 4.80. The van der Waals surface area contributed by atoms with E-state index in [1.165, 1.54) is 43.2 Å². The normalized spacial score (nSPS) is 33.8. The topological polar surface area (TPSA) is 9.23 Å². The minimum absolute atomic E-state index is 0.157. The van der Waals surface area contributed by atoms with Crippen molar-refractivity contribution in [3.63, 3.8) is 0 Å². The third-order valence-corrected chi connectivity index (χ3v) is 6.98. The van der Waals surface area contributed by atoms with Crippen molar-refractivity contribution in [2.45, 2.75) is 56.2 Å². The van der Waals surface area contributed by atoms with Gasteiger partial charge in [0.1, 0.15) is 5.75 Å². The third kappa shape index (κ3) is 2.44. The van der Waals surface area contributed by atoms with Crippen molar-refractivity contribution in [1.82, 2.24) is 0 Å². The molecule has 114 valence electrons. The first-order valence-corrected chi connectivity index (χ1v) is 9.36. The van der Waals surface area contributed by atoms with Crippen LogP contribution in [-0.2, 0) is 5.41 Å². The van der Waals surface area contributed by atoms with E-state index in [1.807, 2.05) is 0 Å². The van der Waals surface area contributed by atoms with E-state index in [0.29, 0.717) is 4.83 Å². The summed E-state index contributed by atoms with van der Waals surface area (Å²) in [4.78, 5) is 0.503. The number of benzene rings is 1. The molecule has 4 unspecified atom stereocenters. The van der Waals surface area contributed by atoms with Crippen LogP contribution in [0.4, 0.5) is 0 Å². The molecule has 0 N–H and O–H groups in total. The number of fused-ring (bicyclic) bond motifs is 3. The lowest BCUT2D eigenvalue weighted by Gasteiger charge is -2.25. The van der Waals surface area contributed by atoms with Crippen LogP contribution in [0.1, 0.15) is 61.9 Å². The maximum atomic E-state index is 5.81. The Morgan fingerprint density at radius 3 is 2.86 bits per heavy atom. The minimum atomic E-state index is 0.157. The van der Waals surface area contributed by atoms with Crippen molar-refractivity contribution in [2.75, 3.05) is 6.61 Å². The minimum Gasteiger partial charge on any atom is -0.492 e. The maximum Gasteiger partial charge on any atom is 0.123 e. The zero-order chi connectivity index (χ0) is 14.6. The second kappa shape index (κ2) is 5.01. The first-order valence-electron chi connectivity index (χ1n) is 8.44. The van der Waals surface area contributed by atoms with Gasteiger partial charge in [-0.1, -0.05) is 48.3 Å². The molecule has 1 aromatic carbocycles. The first kappa shape index (κ1) is 14.1. The molecule has 0 aromatic heterocycles. The van der Waals surface area contributed by atoms with Gasteiger partial charge in [0.2, 0.25) is 0 Å². The second-order valence-corrected chi connectivity index (χ2v) is 9.17. The van der Waals surface area contributed by atoms with Gasteiger partial charge in [-0.2, -0.15) is 0 Å². The molecule has 2 heteroatoms. The Morgan fingerprint density at radius 2 is 2.14 bits per heavy atom. The smallest absolute Gasteiger partial charge is 0.123 e. The van der Waals surface area contributed by atoms with Gasteiger partial charge < -0.3 is 4.74 Å². The Kier molecular flexibility index (Phi) is 3.37. The Balaban J connectivity index is 1.51. The Labute approximate surface area is 136 Å². The fourth-order valence-corrected chi connectivity index (χ4v) is 5.57. The van der Waals surface area contributed by atoms with Crippen LogP contribution in [0.3, 0.4) is 0 Å².